The molecule has 0 bridgehead atoms. The number of nitrogens with zero attached hydrogens (tertiary/aromatic N) is 2. The van der Waals surface area contributed by atoms with Gasteiger partial charge in [-0.1, -0.05) is 89.3 Å². The van der Waals surface area contributed by atoms with Gasteiger partial charge in [-0.25, -0.2) is 6.07 Å². The molecule has 1 radical (unpaired) electrons. The third-order valence-electron chi connectivity index (χ3n) is 6.55. The summed E-state index contributed by atoms with van der Waals surface area (Å²) in [6.45, 7) is 0. The Morgan fingerprint density at radius 1 is 0.543 bits per heavy atom. The summed E-state index contributed by atoms with van der Waals surface area (Å²) in [4.78, 5) is 0. The van der Waals surface area contributed by atoms with Gasteiger partial charge in [0.25, 0.3) is 0 Å². The van der Waals surface area contributed by atoms with E-state index in [-0.39, 0.29) is 32.7 Å². The molecule has 7 rings (SSSR count). The van der Waals surface area contributed by atoms with E-state index in [9.17, 15) is 0 Å². The fourth-order valence-corrected chi connectivity index (χ4v) is 5.03. The van der Waals surface area contributed by atoms with Crippen LogP contribution < -0.4 is 0 Å². The molecule has 0 aliphatic carbocycles. The van der Waals surface area contributed by atoms with Crippen LogP contribution in [0.15, 0.2) is 121 Å². The average molecular weight is 521 g/mol. The van der Waals surface area contributed by atoms with E-state index in [1.807, 2.05) is 18.2 Å². The third kappa shape index (κ3) is 3.57. The van der Waals surface area contributed by atoms with Crippen LogP contribution in [-0.4, -0.2) is 9.13 Å². The predicted octanol–water partition coefficient (Wildman–Crippen LogP) is 7.99. The first-order valence-electron chi connectivity index (χ1n) is 11.5. The van der Waals surface area contributed by atoms with E-state index in [2.05, 4.69) is 125 Å². The fraction of sp³-hybridized carbons (Fsp3) is 0. The molecule has 0 saturated heterocycles. The van der Waals surface area contributed by atoms with Gasteiger partial charge in [-0.2, -0.15) is 24.3 Å². The van der Waals surface area contributed by atoms with Crippen molar-refractivity contribution in [2.45, 2.75) is 0 Å². The van der Waals surface area contributed by atoms with E-state index >= 15 is 0 Å². The van der Waals surface area contributed by atoms with Crippen LogP contribution in [0.2, 0.25) is 0 Å². The van der Waals surface area contributed by atoms with E-state index in [0.29, 0.717) is 0 Å². The summed E-state index contributed by atoms with van der Waals surface area (Å²) in [7, 11) is 0. The molecule has 3 heteroatoms. The zero-order valence-corrected chi connectivity index (χ0v) is 21.9. The fourth-order valence-electron chi connectivity index (χ4n) is 5.03. The van der Waals surface area contributed by atoms with Gasteiger partial charge in [0.2, 0.25) is 0 Å². The largest absolute Gasteiger partial charge is 0.439 e. The molecule has 35 heavy (non-hydrogen) atoms. The van der Waals surface area contributed by atoms with Gasteiger partial charge in [-0.15, -0.1) is 5.69 Å². The van der Waals surface area contributed by atoms with Crippen LogP contribution >= 0.6 is 0 Å². The first-order chi connectivity index (χ1) is 16.9. The van der Waals surface area contributed by atoms with Gasteiger partial charge in [0.15, 0.2) is 0 Å². The maximum atomic E-state index is 3.65. The third-order valence-corrected chi connectivity index (χ3v) is 6.55. The van der Waals surface area contributed by atoms with Gasteiger partial charge >= 0.3 is 0 Å². The number of benzene rings is 5. The first kappa shape index (κ1) is 22.0. The smallest absolute Gasteiger partial charge is 0.0540 e. The summed E-state index contributed by atoms with van der Waals surface area (Å²) in [5.74, 6) is 0. The monoisotopic (exact) mass is 521 g/mol. The minimum Gasteiger partial charge on any atom is -0.439 e. The molecule has 0 amide bonds. The Balaban J connectivity index is 0.00000229. The number of rotatable bonds is 3. The van der Waals surface area contributed by atoms with E-state index in [4.69, 9.17) is 0 Å². The molecule has 2 nitrogen and oxygen atoms in total. The zero-order valence-electron chi connectivity index (χ0n) is 19.0. The van der Waals surface area contributed by atoms with Gasteiger partial charge in [-0.05, 0) is 36.0 Å². The normalized spacial score (nSPS) is 11.2. The molecule has 2 aromatic heterocycles. The summed E-state index contributed by atoms with van der Waals surface area (Å²) < 4.78 is 4.46. The second-order valence-electron chi connectivity index (χ2n) is 8.51. The molecule has 5 aromatic carbocycles. The van der Waals surface area contributed by atoms with Crippen LogP contribution in [0.5, 0.6) is 0 Å². The molecule has 0 fully saturated rings. The van der Waals surface area contributed by atoms with E-state index in [1.54, 1.807) is 0 Å². The van der Waals surface area contributed by atoms with Crippen LogP contribution in [0.3, 0.4) is 0 Å². The minimum atomic E-state index is 0. The van der Waals surface area contributed by atoms with Crippen LogP contribution in [0.25, 0.3) is 55.2 Å². The van der Waals surface area contributed by atoms with E-state index in [1.165, 1.54) is 32.9 Å². The molecule has 0 saturated carbocycles. The van der Waals surface area contributed by atoms with Crippen LogP contribution in [0, 0.1) is 12.3 Å². The summed E-state index contributed by atoms with van der Waals surface area (Å²) in [5.41, 5.74) is 7.98. The number of aromatic nitrogens is 2. The van der Waals surface area contributed by atoms with Crippen molar-refractivity contribution in [3.05, 3.63) is 134 Å². The molecule has 0 atom stereocenters. The van der Waals surface area contributed by atoms with Crippen molar-refractivity contribution in [3.63, 3.8) is 0 Å². The van der Waals surface area contributed by atoms with Gasteiger partial charge < -0.3 is 9.13 Å². The quantitative estimate of drug-likeness (QED) is 0.209. The van der Waals surface area contributed by atoms with Gasteiger partial charge in [0.1, 0.15) is 0 Å². The Bertz CT molecular complexity index is 1790. The van der Waals surface area contributed by atoms with Gasteiger partial charge in [0, 0.05) is 49.2 Å². The molecule has 7 aromatic rings. The minimum absolute atomic E-state index is 0. The maximum absolute atomic E-state index is 3.65. The molecule has 0 N–H and O–H groups in total. The van der Waals surface area contributed by atoms with Crippen molar-refractivity contribution in [3.8, 4) is 22.5 Å². The molecule has 2 heterocycles. The van der Waals surface area contributed by atoms with Crippen molar-refractivity contribution in [1.82, 2.24) is 9.13 Å². The number of hydrogen-bond donors (Lipinski definition) is 0. The SMILES string of the molecule is [Y].[c-]1ccccc1-n1[c-]c(-c2ccc3c(c2)c2ccccc2n3-c2ccccc2)c2ccccc21. The zero-order chi connectivity index (χ0) is 22.5. The van der Waals surface area contributed by atoms with Crippen LogP contribution in [-0.2, 0) is 32.7 Å². The molecule has 0 spiro atoms. The molecule has 163 valence electrons. The van der Waals surface area contributed by atoms with Gasteiger partial charge in [0.05, 0.1) is 11.0 Å². The van der Waals surface area contributed by atoms with Crippen LogP contribution in [0.1, 0.15) is 0 Å². The van der Waals surface area contributed by atoms with E-state index < -0.39 is 0 Å². The molecule has 0 aliphatic rings. The second-order valence-corrected chi connectivity index (χ2v) is 8.51. The topological polar surface area (TPSA) is 9.86 Å². The summed E-state index contributed by atoms with van der Waals surface area (Å²) >= 11 is 0. The van der Waals surface area contributed by atoms with Gasteiger partial charge in [-0.3, -0.25) is 0 Å². The first-order valence-corrected chi connectivity index (χ1v) is 11.5. The maximum Gasteiger partial charge on any atom is 0.0540 e. The predicted molar refractivity (Wildman–Crippen MR) is 141 cm³/mol. The molecule has 0 unspecified atom stereocenters. The molecular formula is C32H20N2Y-2. The Kier molecular flexibility index (Phi) is 5.64. The van der Waals surface area contributed by atoms with Crippen molar-refractivity contribution in [1.29, 1.82) is 0 Å². The Morgan fingerprint density at radius 3 is 2.03 bits per heavy atom. The number of para-hydroxylation sites is 4. The summed E-state index contributed by atoms with van der Waals surface area (Å²) in [5, 5.41) is 3.68. The Labute approximate surface area is 229 Å². The summed E-state index contributed by atoms with van der Waals surface area (Å²) in [6.07, 6.45) is 3.65. The van der Waals surface area contributed by atoms with Crippen LogP contribution in [0.4, 0.5) is 0 Å². The van der Waals surface area contributed by atoms with Crippen molar-refractivity contribution in [2.24, 2.45) is 0 Å². The number of hydrogen-bond acceptors (Lipinski definition) is 0. The molecular weight excluding hydrogens is 501 g/mol. The molecule has 0 aliphatic heterocycles. The van der Waals surface area contributed by atoms with Crippen molar-refractivity contribution in [2.75, 3.05) is 0 Å². The standard InChI is InChI=1S/C32H20N2.Y/c1-3-11-24(12-4-1)33-22-29(27-16-7-9-17-30(27)33)23-19-20-32-28(21-23)26-15-8-10-18-31(26)34(32)25-13-5-2-6-14-25;/h1-11,13-21H;/q-2;. The van der Waals surface area contributed by atoms with E-state index in [0.717, 1.165) is 22.3 Å². The average Bonchev–Trinajstić information content (AvgIpc) is 3.46. The number of fused-ring (bicyclic) bond motifs is 4. The summed E-state index contributed by atoms with van der Waals surface area (Å²) in [6, 6.07) is 45.9. The van der Waals surface area contributed by atoms with Crippen molar-refractivity contribution < 1.29 is 32.7 Å². The van der Waals surface area contributed by atoms with Crippen molar-refractivity contribution >= 4 is 32.7 Å². The second kappa shape index (κ2) is 8.96. The Hall–Kier alpha value is -3.46. The Morgan fingerprint density at radius 2 is 1.23 bits per heavy atom.